The molecule has 0 amide bonds. The third-order valence-corrected chi connectivity index (χ3v) is 4.48. The van der Waals surface area contributed by atoms with Gasteiger partial charge in [-0.15, -0.1) is 11.3 Å². The van der Waals surface area contributed by atoms with Crippen LogP contribution >= 0.6 is 22.9 Å². The standard InChI is InChI=1S/C17H10ClN3OS/c18-12-5-3-11(4-6-12)14-9-23-17-15(14)16(20-10-21-17)22-13-2-1-7-19-8-13/h1-10H. The largest absolute Gasteiger partial charge is 0.437 e. The lowest BCUT2D eigenvalue weighted by Gasteiger charge is -2.07. The van der Waals surface area contributed by atoms with E-state index in [9.17, 15) is 0 Å². The molecule has 1 aromatic carbocycles. The van der Waals surface area contributed by atoms with Gasteiger partial charge in [-0.1, -0.05) is 23.7 Å². The summed E-state index contributed by atoms with van der Waals surface area (Å²) in [4.78, 5) is 13.6. The predicted molar refractivity (Wildman–Crippen MR) is 92.2 cm³/mol. The molecule has 0 unspecified atom stereocenters. The van der Waals surface area contributed by atoms with E-state index in [2.05, 4.69) is 20.3 Å². The summed E-state index contributed by atoms with van der Waals surface area (Å²) in [6, 6.07) is 11.4. The second kappa shape index (κ2) is 5.95. The topological polar surface area (TPSA) is 47.9 Å². The fraction of sp³-hybridized carbons (Fsp3) is 0. The van der Waals surface area contributed by atoms with E-state index >= 15 is 0 Å². The van der Waals surface area contributed by atoms with Gasteiger partial charge in [0.05, 0.1) is 11.6 Å². The van der Waals surface area contributed by atoms with Crippen LogP contribution in [0.4, 0.5) is 0 Å². The van der Waals surface area contributed by atoms with E-state index in [0.717, 1.165) is 21.3 Å². The molecule has 3 heterocycles. The molecule has 0 spiro atoms. The number of fused-ring (bicyclic) bond motifs is 1. The van der Waals surface area contributed by atoms with E-state index in [0.29, 0.717) is 16.7 Å². The van der Waals surface area contributed by atoms with E-state index < -0.39 is 0 Å². The Balaban J connectivity index is 1.85. The first-order valence-electron chi connectivity index (χ1n) is 6.87. The van der Waals surface area contributed by atoms with E-state index in [4.69, 9.17) is 16.3 Å². The van der Waals surface area contributed by atoms with Gasteiger partial charge in [0.2, 0.25) is 5.88 Å². The summed E-state index contributed by atoms with van der Waals surface area (Å²) in [7, 11) is 0. The normalized spacial score (nSPS) is 10.8. The average Bonchev–Trinajstić information content (AvgIpc) is 3.02. The number of benzene rings is 1. The summed E-state index contributed by atoms with van der Waals surface area (Å²) in [6.07, 6.45) is 4.87. The number of aromatic nitrogens is 3. The summed E-state index contributed by atoms with van der Waals surface area (Å²) < 4.78 is 5.90. The summed E-state index contributed by atoms with van der Waals surface area (Å²) >= 11 is 7.53. The maximum absolute atomic E-state index is 5.98. The SMILES string of the molecule is Clc1ccc(-c2csc3ncnc(Oc4cccnc4)c23)cc1. The van der Waals surface area contributed by atoms with Crippen molar-refractivity contribution >= 4 is 33.2 Å². The minimum atomic E-state index is 0.522. The third kappa shape index (κ3) is 2.76. The number of halogens is 1. The highest BCUT2D eigenvalue weighted by Crippen LogP contribution is 2.39. The van der Waals surface area contributed by atoms with Gasteiger partial charge in [-0.05, 0) is 29.8 Å². The van der Waals surface area contributed by atoms with Gasteiger partial charge in [-0.25, -0.2) is 9.97 Å². The van der Waals surface area contributed by atoms with Crippen molar-refractivity contribution in [3.63, 3.8) is 0 Å². The molecule has 3 aromatic heterocycles. The van der Waals surface area contributed by atoms with Crippen LogP contribution in [0.2, 0.25) is 5.02 Å². The summed E-state index contributed by atoms with van der Waals surface area (Å²) in [6.45, 7) is 0. The lowest BCUT2D eigenvalue weighted by molar-refractivity contribution is 0.466. The molecule has 6 heteroatoms. The van der Waals surface area contributed by atoms with E-state index in [1.54, 1.807) is 23.7 Å². The summed E-state index contributed by atoms with van der Waals surface area (Å²) in [5, 5.41) is 3.65. The zero-order valence-corrected chi connectivity index (χ0v) is 13.4. The Morgan fingerprint density at radius 1 is 1.04 bits per heavy atom. The predicted octanol–water partition coefficient (Wildman–Crippen LogP) is 5.20. The number of hydrogen-bond donors (Lipinski definition) is 0. The van der Waals surface area contributed by atoms with E-state index in [1.165, 1.54) is 6.33 Å². The first-order valence-corrected chi connectivity index (χ1v) is 8.13. The van der Waals surface area contributed by atoms with Crippen LogP contribution in [-0.4, -0.2) is 15.0 Å². The Labute approximate surface area is 141 Å². The van der Waals surface area contributed by atoms with Crippen LogP contribution in [0, 0.1) is 0 Å². The highest BCUT2D eigenvalue weighted by Gasteiger charge is 2.14. The Hall–Kier alpha value is -2.50. The zero-order valence-electron chi connectivity index (χ0n) is 11.8. The van der Waals surface area contributed by atoms with Gasteiger partial charge in [0.1, 0.15) is 16.9 Å². The number of pyridine rings is 1. The molecule has 0 radical (unpaired) electrons. The van der Waals surface area contributed by atoms with Gasteiger partial charge in [-0.3, -0.25) is 4.98 Å². The molecule has 0 saturated carbocycles. The van der Waals surface area contributed by atoms with Gasteiger partial charge in [0.15, 0.2) is 0 Å². The van der Waals surface area contributed by atoms with Gasteiger partial charge >= 0.3 is 0 Å². The second-order valence-electron chi connectivity index (χ2n) is 4.81. The van der Waals surface area contributed by atoms with Gasteiger partial charge in [0, 0.05) is 22.2 Å². The lowest BCUT2D eigenvalue weighted by atomic mass is 10.1. The quantitative estimate of drug-likeness (QED) is 0.514. The van der Waals surface area contributed by atoms with Crippen molar-refractivity contribution in [1.29, 1.82) is 0 Å². The van der Waals surface area contributed by atoms with Gasteiger partial charge in [-0.2, -0.15) is 0 Å². The molecule has 0 fully saturated rings. The van der Waals surface area contributed by atoms with Gasteiger partial charge in [0.25, 0.3) is 0 Å². The molecule has 0 aliphatic carbocycles. The molecule has 0 aliphatic rings. The molecule has 23 heavy (non-hydrogen) atoms. The van der Waals surface area contributed by atoms with Crippen molar-refractivity contribution in [2.45, 2.75) is 0 Å². The number of ether oxygens (including phenoxy) is 1. The van der Waals surface area contributed by atoms with Crippen LogP contribution in [0.5, 0.6) is 11.6 Å². The zero-order chi connectivity index (χ0) is 15.6. The van der Waals surface area contributed by atoms with E-state index in [-0.39, 0.29) is 0 Å². The second-order valence-corrected chi connectivity index (χ2v) is 6.10. The monoisotopic (exact) mass is 339 g/mol. The summed E-state index contributed by atoms with van der Waals surface area (Å²) in [5.74, 6) is 1.16. The fourth-order valence-corrected chi connectivity index (χ4v) is 3.32. The van der Waals surface area contributed by atoms with Crippen molar-refractivity contribution < 1.29 is 4.74 Å². The molecule has 0 aliphatic heterocycles. The van der Waals surface area contributed by atoms with Crippen LogP contribution in [0.3, 0.4) is 0 Å². The molecular formula is C17H10ClN3OS. The molecule has 0 atom stereocenters. The Morgan fingerprint density at radius 3 is 2.70 bits per heavy atom. The highest BCUT2D eigenvalue weighted by atomic mass is 35.5. The fourth-order valence-electron chi connectivity index (χ4n) is 2.29. The Bertz CT molecular complexity index is 955. The maximum Gasteiger partial charge on any atom is 0.231 e. The van der Waals surface area contributed by atoms with Crippen LogP contribution in [0.1, 0.15) is 0 Å². The maximum atomic E-state index is 5.98. The van der Waals surface area contributed by atoms with Crippen LogP contribution < -0.4 is 4.74 Å². The first kappa shape index (κ1) is 14.1. The molecule has 0 N–H and O–H groups in total. The van der Waals surface area contributed by atoms with Crippen molar-refractivity contribution in [3.8, 4) is 22.8 Å². The number of thiophene rings is 1. The molecule has 4 aromatic rings. The van der Waals surface area contributed by atoms with Crippen molar-refractivity contribution in [2.24, 2.45) is 0 Å². The number of rotatable bonds is 3. The Kier molecular flexibility index (Phi) is 3.65. The minimum Gasteiger partial charge on any atom is -0.437 e. The highest BCUT2D eigenvalue weighted by molar-refractivity contribution is 7.17. The molecule has 112 valence electrons. The van der Waals surface area contributed by atoms with Crippen LogP contribution in [-0.2, 0) is 0 Å². The van der Waals surface area contributed by atoms with Crippen molar-refractivity contribution in [3.05, 3.63) is 65.5 Å². The average molecular weight is 340 g/mol. The molecule has 4 rings (SSSR count). The van der Waals surface area contributed by atoms with Gasteiger partial charge < -0.3 is 4.74 Å². The number of nitrogens with zero attached hydrogens (tertiary/aromatic N) is 3. The third-order valence-electron chi connectivity index (χ3n) is 3.34. The molecular weight excluding hydrogens is 330 g/mol. The number of hydrogen-bond acceptors (Lipinski definition) is 5. The Morgan fingerprint density at radius 2 is 1.91 bits per heavy atom. The van der Waals surface area contributed by atoms with E-state index in [1.807, 2.05) is 36.4 Å². The molecule has 0 bridgehead atoms. The lowest BCUT2D eigenvalue weighted by Crippen LogP contribution is -1.91. The van der Waals surface area contributed by atoms with Crippen LogP contribution in [0.25, 0.3) is 21.3 Å². The minimum absolute atomic E-state index is 0.522. The smallest absolute Gasteiger partial charge is 0.231 e. The summed E-state index contributed by atoms with van der Waals surface area (Å²) in [5.41, 5.74) is 2.08. The molecule has 0 saturated heterocycles. The molecule has 4 nitrogen and oxygen atoms in total. The van der Waals surface area contributed by atoms with Crippen molar-refractivity contribution in [2.75, 3.05) is 0 Å². The van der Waals surface area contributed by atoms with Crippen molar-refractivity contribution in [1.82, 2.24) is 15.0 Å². The first-order chi connectivity index (χ1) is 11.3. The van der Waals surface area contributed by atoms with Crippen LogP contribution in [0.15, 0.2) is 60.5 Å².